The Morgan fingerprint density at radius 1 is 1.38 bits per heavy atom. The Morgan fingerprint density at radius 3 is 2.85 bits per heavy atom. The van der Waals surface area contributed by atoms with Crippen molar-refractivity contribution in [3.05, 3.63) is 30.0 Å². The average molecular weight is 178 g/mol. The molecule has 2 rings (SSSR count). The molecule has 4 nitrogen and oxygen atoms in total. The third kappa shape index (κ3) is 1.03. The van der Waals surface area contributed by atoms with Crippen molar-refractivity contribution in [3.8, 4) is 5.75 Å². The lowest BCUT2D eigenvalue weighted by molar-refractivity contribution is 0.0697. The van der Waals surface area contributed by atoms with Crippen LogP contribution in [0.1, 0.15) is 10.4 Å². The number of phenolic OH excluding ortho intramolecular Hbond substituents is 1. The first kappa shape index (κ1) is 7.67. The first-order chi connectivity index (χ1) is 6.20. The molecule has 1 heterocycles. The van der Waals surface area contributed by atoms with Crippen LogP contribution in [0.2, 0.25) is 0 Å². The van der Waals surface area contributed by atoms with Gasteiger partial charge >= 0.3 is 5.97 Å². The van der Waals surface area contributed by atoms with E-state index in [1.54, 1.807) is 12.1 Å². The van der Waals surface area contributed by atoms with Crippen LogP contribution in [-0.4, -0.2) is 16.2 Å². The molecule has 0 unspecified atom stereocenters. The average Bonchev–Trinajstić information content (AvgIpc) is 2.49. The number of hydrogen-bond acceptors (Lipinski definition) is 3. The Labute approximate surface area is 73.0 Å². The molecule has 0 aliphatic rings. The minimum atomic E-state index is -1.11. The van der Waals surface area contributed by atoms with Gasteiger partial charge in [-0.2, -0.15) is 0 Å². The Kier molecular flexibility index (Phi) is 1.48. The van der Waals surface area contributed by atoms with Crippen molar-refractivity contribution in [1.82, 2.24) is 0 Å². The Hall–Kier alpha value is -1.97. The van der Waals surface area contributed by atoms with Gasteiger partial charge in [0.15, 0.2) is 0 Å². The summed E-state index contributed by atoms with van der Waals surface area (Å²) in [6.45, 7) is 0. The van der Waals surface area contributed by atoms with Gasteiger partial charge in [0.1, 0.15) is 23.2 Å². The highest BCUT2D eigenvalue weighted by atomic mass is 16.4. The van der Waals surface area contributed by atoms with E-state index in [0.717, 1.165) is 6.26 Å². The molecule has 1 aromatic carbocycles. The summed E-state index contributed by atoms with van der Waals surface area (Å²) in [6, 6.07) is 4.61. The van der Waals surface area contributed by atoms with Gasteiger partial charge in [-0.05, 0) is 12.1 Å². The maximum Gasteiger partial charge on any atom is 0.339 e. The van der Waals surface area contributed by atoms with E-state index in [2.05, 4.69) is 0 Å². The summed E-state index contributed by atoms with van der Waals surface area (Å²) in [5.41, 5.74) is 0.352. The predicted octanol–water partition coefficient (Wildman–Crippen LogP) is 1.84. The lowest BCUT2D eigenvalue weighted by Gasteiger charge is -1.93. The highest BCUT2D eigenvalue weighted by Crippen LogP contribution is 2.29. The standard InChI is InChI=1S/C9H6O4/c10-6-2-1-3-7-8(6)5(4-13-7)9(11)12/h1-4,10H,(H,11,12). The van der Waals surface area contributed by atoms with Crippen molar-refractivity contribution in [2.24, 2.45) is 0 Å². The zero-order valence-electron chi connectivity index (χ0n) is 6.52. The molecular weight excluding hydrogens is 172 g/mol. The molecule has 0 spiro atoms. The largest absolute Gasteiger partial charge is 0.507 e. The number of furan rings is 1. The number of aromatic hydroxyl groups is 1. The fraction of sp³-hybridized carbons (Fsp3) is 0. The third-order valence-corrected chi connectivity index (χ3v) is 1.81. The summed E-state index contributed by atoms with van der Waals surface area (Å²) < 4.78 is 4.95. The number of benzene rings is 1. The lowest BCUT2D eigenvalue weighted by atomic mass is 10.1. The van der Waals surface area contributed by atoms with Gasteiger partial charge in [0.05, 0.1) is 5.39 Å². The molecular formula is C9H6O4. The Morgan fingerprint density at radius 2 is 2.15 bits per heavy atom. The van der Waals surface area contributed by atoms with Crippen LogP contribution < -0.4 is 0 Å². The summed E-state index contributed by atoms with van der Waals surface area (Å²) in [4.78, 5) is 10.7. The van der Waals surface area contributed by atoms with Crippen LogP contribution in [0.25, 0.3) is 11.0 Å². The van der Waals surface area contributed by atoms with Crippen LogP contribution in [-0.2, 0) is 0 Å². The van der Waals surface area contributed by atoms with Crippen molar-refractivity contribution in [2.75, 3.05) is 0 Å². The lowest BCUT2D eigenvalue weighted by Crippen LogP contribution is -1.93. The predicted molar refractivity (Wildman–Crippen MR) is 44.8 cm³/mol. The Balaban J connectivity index is 2.86. The van der Waals surface area contributed by atoms with Crippen LogP contribution in [0.3, 0.4) is 0 Å². The summed E-state index contributed by atoms with van der Waals surface area (Å²) in [5, 5.41) is 18.3. The molecule has 0 fully saturated rings. The number of carbonyl (C=O) groups is 1. The molecule has 0 amide bonds. The molecule has 13 heavy (non-hydrogen) atoms. The van der Waals surface area contributed by atoms with Crippen LogP contribution in [0.5, 0.6) is 5.75 Å². The fourth-order valence-electron chi connectivity index (χ4n) is 1.23. The highest BCUT2D eigenvalue weighted by molar-refractivity contribution is 6.04. The normalized spacial score (nSPS) is 10.5. The first-order valence-corrected chi connectivity index (χ1v) is 3.62. The van der Waals surface area contributed by atoms with E-state index >= 15 is 0 Å². The zero-order chi connectivity index (χ0) is 9.42. The minimum absolute atomic E-state index is 0.0203. The molecule has 66 valence electrons. The van der Waals surface area contributed by atoms with Crippen LogP contribution in [0.15, 0.2) is 28.9 Å². The van der Waals surface area contributed by atoms with E-state index < -0.39 is 5.97 Å². The molecule has 0 radical (unpaired) electrons. The van der Waals surface area contributed by atoms with Crippen molar-refractivity contribution in [3.63, 3.8) is 0 Å². The van der Waals surface area contributed by atoms with Crippen molar-refractivity contribution >= 4 is 16.9 Å². The van der Waals surface area contributed by atoms with E-state index in [1.165, 1.54) is 6.07 Å². The second-order valence-electron chi connectivity index (χ2n) is 2.60. The molecule has 1 aromatic heterocycles. The van der Waals surface area contributed by atoms with Gasteiger partial charge in [-0.15, -0.1) is 0 Å². The first-order valence-electron chi connectivity index (χ1n) is 3.62. The van der Waals surface area contributed by atoms with E-state index in [-0.39, 0.29) is 16.7 Å². The topological polar surface area (TPSA) is 70.7 Å². The molecule has 4 heteroatoms. The molecule has 2 aromatic rings. The molecule has 0 aliphatic heterocycles. The SMILES string of the molecule is O=C(O)c1coc2cccc(O)c12. The van der Waals surface area contributed by atoms with Gasteiger partial charge in [0.25, 0.3) is 0 Å². The van der Waals surface area contributed by atoms with E-state index in [0.29, 0.717) is 5.58 Å². The van der Waals surface area contributed by atoms with Crippen molar-refractivity contribution in [2.45, 2.75) is 0 Å². The monoisotopic (exact) mass is 178 g/mol. The number of fused-ring (bicyclic) bond motifs is 1. The van der Waals surface area contributed by atoms with Gasteiger partial charge in [-0.25, -0.2) is 4.79 Å². The molecule has 0 saturated heterocycles. The second kappa shape index (κ2) is 2.52. The van der Waals surface area contributed by atoms with Gasteiger partial charge in [-0.3, -0.25) is 0 Å². The van der Waals surface area contributed by atoms with Gasteiger partial charge in [0.2, 0.25) is 0 Å². The number of aromatic carboxylic acids is 1. The zero-order valence-corrected chi connectivity index (χ0v) is 6.52. The number of hydrogen-bond donors (Lipinski definition) is 2. The molecule has 0 saturated carbocycles. The molecule has 0 bridgehead atoms. The van der Waals surface area contributed by atoms with Crippen molar-refractivity contribution < 1.29 is 19.4 Å². The third-order valence-electron chi connectivity index (χ3n) is 1.81. The molecule has 0 atom stereocenters. The van der Waals surface area contributed by atoms with Crippen molar-refractivity contribution in [1.29, 1.82) is 0 Å². The van der Waals surface area contributed by atoms with E-state index in [4.69, 9.17) is 9.52 Å². The smallest absolute Gasteiger partial charge is 0.339 e. The summed E-state index contributed by atoms with van der Waals surface area (Å²) in [7, 11) is 0. The summed E-state index contributed by atoms with van der Waals surface area (Å²) >= 11 is 0. The van der Waals surface area contributed by atoms with E-state index in [1.807, 2.05) is 0 Å². The second-order valence-corrected chi connectivity index (χ2v) is 2.60. The highest BCUT2D eigenvalue weighted by Gasteiger charge is 2.14. The minimum Gasteiger partial charge on any atom is -0.507 e. The number of carboxylic acids is 1. The maximum atomic E-state index is 10.7. The Bertz CT molecular complexity index is 469. The van der Waals surface area contributed by atoms with Crippen LogP contribution >= 0.6 is 0 Å². The van der Waals surface area contributed by atoms with E-state index in [9.17, 15) is 9.90 Å². The number of carboxylic acid groups (broad SMARTS) is 1. The fourth-order valence-corrected chi connectivity index (χ4v) is 1.23. The summed E-state index contributed by atoms with van der Waals surface area (Å²) in [6.07, 6.45) is 1.12. The number of rotatable bonds is 1. The van der Waals surface area contributed by atoms with Gasteiger partial charge in [0, 0.05) is 0 Å². The quantitative estimate of drug-likeness (QED) is 0.698. The summed E-state index contributed by atoms with van der Waals surface area (Å²) in [5.74, 6) is -1.19. The number of phenols is 1. The molecule has 0 aliphatic carbocycles. The van der Waals surface area contributed by atoms with Gasteiger partial charge in [-0.1, -0.05) is 6.07 Å². The molecule has 2 N–H and O–H groups in total. The van der Waals surface area contributed by atoms with Gasteiger partial charge < -0.3 is 14.6 Å². The van der Waals surface area contributed by atoms with Crippen LogP contribution in [0, 0.1) is 0 Å². The van der Waals surface area contributed by atoms with Crippen LogP contribution in [0.4, 0.5) is 0 Å². The maximum absolute atomic E-state index is 10.7.